The van der Waals surface area contributed by atoms with Gasteiger partial charge < -0.3 is 10.5 Å². The Hall–Kier alpha value is -0.0800. The van der Waals surface area contributed by atoms with Crippen molar-refractivity contribution in [2.24, 2.45) is 17.6 Å². The quantitative estimate of drug-likeness (QED) is 0.758. The van der Waals surface area contributed by atoms with Gasteiger partial charge in [-0.05, 0) is 44.9 Å². The van der Waals surface area contributed by atoms with Gasteiger partial charge in [0, 0.05) is 6.54 Å². The van der Waals surface area contributed by atoms with Crippen LogP contribution in [0, 0.1) is 11.8 Å². The number of rotatable bonds is 3. The van der Waals surface area contributed by atoms with E-state index in [0.29, 0.717) is 12.6 Å². The van der Waals surface area contributed by atoms with Crippen molar-refractivity contribution in [2.75, 3.05) is 6.54 Å². The van der Waals surface area contributed by atoms with Crippen LogP contribution in [0.3, 0.4) is 0 Å². The normalized spacial score (nSPS) is 39.0. The molecule has 2 nitrogen and oxygen atoms in total. The van der Waals surface area contributed by atoms with Gasteiger partial charge in [-0.1, -0.05) is 13.8 Å². The fourth-order valence-electron chi connectivity index (χ4n) is 2.51. The number of hydrogen-bond donors (Lipinski definition) is 1. The summed E-state index contributed by atoms with van der Waals surface area (Å²) in [5.74, 6) is 1.57. The van der Waals surface area contributed by atoms with E-state index in [1.54, 1.807) is 0 Å². The highest BCUT2D eigenvalue weighted by Crippen LogP contribution is 2.38. The van der Waals surface area contributed by atoms with Crippen LogP contribution in [0.1, 0.15) is 47.0 Å². The Kier molecular flexibility index (Phi) is 3.96. The van der Waals surface area contributed by atoms with Crippen molar-refractivity contribution in [3.8, 4) is 0 Å². The van der Waals surface area contributed by atoms with Crippen molar-refractivity contribution < 1.29 is 4.74 Å². The van der Waals surface area contributed by atoms with Crippen molar-refractivity contribution in [1.29, 1.82) is 0 Å². The van der Waals surface area contributed by atoms with Gasteiger partial charge in [-0.25, -0.2) is 0 Å². The first-order chi connectivity index (χ1) is 6.49. The maximum Gasteiger partial charge on any atom is 0.0810 e. The first kappa shape index (κ1) is 12.0. The molecule has 0 heterocycles. The monoisotopic (exact) mass is 199 g/mol. The topological polar surface area (TPSA) is 35.2 Å². The molecule has 3 atom stereocenters. The van der Waals surface area contributed by atoms with Crippen LogP contribution in [0.2, 0.25) is 0 Å². The molecule has 0 spiro atoms. The fourth-order valence-corrected chi connectivity index (χ4v) is 2.51. The van der Waals surface area contributed by atoms with E-state index in [-0.39, 0.29) is 5.60 Å². The van der Waals surface area contributed by atoms with Gasteiger partial charge in [0.05, 0.1) is 11.7 Å². The minimum atomic E-state index is -0.0277. The summed E-state index contributed by atoms with van der Waals surface area (Å²) < 4.78 is 6.02. The predicted octanol–water partition coefficient (Wildman–Crippen LogP) is 2.57. The lowest BCUT2D eigenvalue weighted by Crippen LogP contribution is -2.47. The highest BCUT2D eigenvalue weighted by molar-refractivity contribution is 4.90. The lowest BCUT2D eigenvalue weighted by molar-refractivity contribution is -0.112. The average molecular weight is 199 g/mol. The third-order valence-corrected chi connectivity index (χ3v) is 3.58. The molecule has 1 aliphatic carbocycles. The minimum Gasteiger partial charge on any atom is -0.371 e. The Labute approximate surface area is 88.2 Å². The maximum absolute atomic E-state index is 6.02. The zero-order valence-corrected chi connectivity index (χ0v) is 10.0. The summed E-state index contributed by atoms with van der Waals surface area (Å²) in [4.78, 5) is 0. The molecule has 14 heavy (non-hydrogen) atoms. The smallest absolute Gasteiger partial charge is 0.0810 e. The van der Waals surface area contributed by atoms with Gasteiger partial charge in [0.1, 0.15) is 0 Å². The van der Waals surface area contributed by atoms with Crippen LogP contribution in [0.25, 0.3) is 0 Å². The predicted molar refractivity (Wildman–Crippen MR) is 60.2 cm³/mol. The largest absolute Gasteiger partial charge is 0.371 e. The second kappa shape index (κ2) is 4.63. The third kappa shape index (κ3) is 2.71. The Morgan fingerprint density at radius 2 is 2.00 bits per heavy atom. The van der Waals surface area contributed by atoms with Crippen molar-refractivity contribution in [3.63, 3.8) is 0 Å². The fraction of sp³-hybridized carbons (Fsp3) is 1.00. The summed E-state index contributed by atoms with van der Waals surface area (Å²) in [6.45, 7) is 9.51. The third-order valence-electron chi connectivity index (χ3n) is 3.58. The number of ether oxygens (including phenoxy) is 1. The van der Waals surface area contributed by atoms with Gasteiger partial charge in [0.15, 0.2) is 0 Å². The van der Waals surface area contributed by atoms with Gasteiger partial charge in [-0.2, -0.15) is 0 Å². The van der Waals surface area contributed by atoms with Crippen LogP contribution in [-0.2, 0) is 4.74 Å². The molecule has 0 radical (unpaired) electrons. The number of hydrogen-bond acceptors (Lipinski definition) is 2. The molecule has 1 saturated carbocycles. The lowest BCUT2D eigenvalue weighted by atomic mass is 9.73. The summed E-state index contributed by atoms with van der Waals surface area (Å²) >= 11 is 0. The molecule has 0 aliphatic heterocycles. The van der Waals surface area contributed by atoms with E-state index in [1.807, 2.05) is 0 Å². The molecular formula is C12H25NO. The summed E-state index contributed by atoms with van der Waals surface area (Å²) in [5.41, 5.74) is 5.84. The van der Waals surface area contributed by atoms with Crippen LogP contribution in [0.5, 0.6) is 0 Å². The zero-order valence-electron chi connectivity index (χ0n) is 10.0. The first-order valence-corrected chi connectivity index (χ1v) is 5.87. The Morgan fingerprint density at radius 1 is 1.36 bits per heavy atom. The standard InChI is InChI=1S/C12H25NO/c1-9(2)14-12(8-13)6-5-10(3)11(4)7-12/h9-11H,5-8,13H2,1-4H3. The van der Waals surface area contributed by atoms with Gasteiger partial charge in [-0.15, -0.1) is 0 Å². The molecular weight excluding hydrogens is 174 g/mol. The molecule has 1 fully saturated rings. The summed E-state index contributed by atoms with van der Waals surface area (Å²) in [5, 5.41) is 0. The highest BCUT2D eigenvalue weighted by atomic mass is 16.5. The van der Waals surface area contributed by atoms with E-state index >= 15 is 0 Å². The van der Waals surface area contributed by atoms with Crippen LogP contribution in [0.4, 0.5) is 0 Å². The zero-order chi connectivity index (χ0) is 10.8. The minimum absolute atomic E-state index is 0.0277. The van der Waals surface area contributed by atoms with E-state index in [0.717, 1.165) is 24.7 Å². The molecule has 0 aromatic heterocycles. The molecule has 0 bridgehead atoms. The second-order valence-electron chi connectivity index (χ2n) is 5.25. The van der Waals surface area contributed by atoms with E-state index in [9.17, 15) is 0 Å². The van der Waals surface area contributed by atoms with Crippen LogP contribution in [-0.4, -0.2) is 18.2 Å². The second-order valence-corrected chi connectivity index (χ2v) is 5.25. The van der Waals surface area contributed by atoms with Crippen molar-refractivity contribution in [3.05, 3.63) is 0 Å². The van der Waals surface area contributed by atoms with Crippen LogP contribution in [0.15, 0.2) is 0 Å². The van der Waals surface area contributed by atoms with Crippen LogP contribution >= 0.6 is 0 Å². The molecule has 0 aromatic rings. The molecule has 2 N–H and O–H groups in total. The molecule has 0 aromatic carbocycles. The van der Waals surface area contributed by atoms with Gasteiger partial charge in [0.25, 0.3) is 0 Å². The lowest BCUT2D eigenvalue weighted by Gasteiger charge is -2.43. The summed E-state index contributed by atoms with van der Waals surface area (Å²) in [7, 11) is 0. The molecule has 1 rings (SSSR count). The molecule has 1 aliphatic rings. The molecule has 0 saturated heterocycles. The molecule has 3 unspecified atom stereocenters. The highest BCUT2D eigenvalue weighted by Gasteiger charge is 2.38. The number of nitrogens with two attached hydrogens (primary N) is 1. The Balaban J connectivity index is 2.61. The summed E-state index contributed by atoms with van der Waals surface area (Å²) in [6.07, 6.45) is 3.81. The van der Waals surface area contributed by atoms with Crippen molar-refractivity contribution in [1.82, 2.24) is 0 Å². The average Bonchev–Trinajstić information content (AvgIpc) is 2.11. The molecule has 84 valence electrons. The molecule has 2 heteroatoms. The van der Waals surface area contributed by atoms with Gasteiger partial charge in [0.2, 0.25) is 0 Å². The van der Waals surface area contributed by atoms with E-state index in [4.69, 9.17) is 10.5 Å². The van der Waals surface area contributed by atoms with Gasteiger partial charge >= 0.3 is 0 Å². The Morgan fingerprint density at radius 3 is 2.43 bits per heavy atom. The van der Waals surface area contributed by atoms with Crippen molar-refractivity contribution >= 4 is 0 Å². The van der Waals surface area contributed by atoms with Gasteiger partial charge in [-0.3, -0.25) is 0 Å². The first-order valence-electron chi connectivity index (χ1n) is 5.87. The Bertz CT molecular complexity index is 181. The maximum atomic E-state index is 6.02. The van der Waals surface area contributed by atoms with Crippen LogP contribution < -0.4 is 5.73 Å². The SMILES string of the molecule is CC(C)OC1(CN)CCC(C)C(C)C1. The van der Waals surface area contributed by atoms with E-state index in [1.165, 1.54) is 6.42 Å². The van der Waals surface area contributed by atoms with E-state index < -0.39 is 0 Å². The van der Waals surface area contributed by atoms with E-state index in [2.05, 4.69) is 27.7 Å². The molecule has 0 amide bonds. The van der Waals surface area contributed by atoms with Crippen molar-refractivity contribution in [2.45, 2.75) is 58.7 Å². The summed E-state index contributed by atoms with van der Waals surface area (Å²) in [6, 6.07) is 0.